The first-order valence-electron chi connectivity index (χ1n) is 10.4. The molecular formula is C20H23N7O3S. The summed E-state index contributed by atoms with van der Waals surface area (Å²) in [7, 11) is 0. The fourth-order valence-corrected chi connectivity index (χ4v) is 4.86. The number of hydrogen-bond acceptors (Lipinski definition) is 9. The smallest absolute Gasteiger partial charge is 0.255 e. The van der Waals surface area contributed by atoms with Crippen LogP contribution in [-0.2, 0) is 22.7 Å². The number of nitrogens with zero attached hydrogens (tertiary/aromatic N) is 4. The third-order valence-corrected chi connectivity index (χ3v) is 6.62. The molecule has 1 unspecified atom stereocenters. The Hall–Kier alpha value is -3.05. The van der Waals surface area contributed by atoms with Gasteiger partial charge in [-0.1, -0.05) is 12.1 Å². The van der Waals surface area contributed by atoms with Crippen molar-refractivity contribution in [2.45, 2.75) is 32.0 Å². The highest BCUT2D eigenvalue weighted by atomic mass is 32.1. The minimum absolute atomic E-state index is 0.167. The normalized spacial score (nSPS) is 21.3. The van der Waals surface area contributed by atoms with Gasteiger partial charge in [-0.15, -0.1) is 0 Å². The van der Waals surface area contributed by atoms with Gasteiger partial charge in [-0.25, -0.2) is 0 Å². The summed E-state index contributed by atoms with van der Waals surface area (Å²) in [6.07, 6.45) is 0.617. The Morgan fingerprint density at radius 2 is 2.03 bits per heavy atom. The molecule has 0 radical (unpaired) electrons. The summed E-state index contributed by atoms with van der Waals surface area (Å²) < 4.78 is 4.39. The molecule has 2 aromatic rings. The quantitative estimate of drug-likeness (QED) is 0.568. The third kappa shape index (κ3) is 3.98. The van der Waals surface area contributed by atoms with Gasteiger partial charge in [0.05, 0.1) is 0 Å². The van der Waals surface area contributed by atoms with E-state index in [1.54, 1.807) is 4.90 Å². The van der Waals surface area contributed by atoms with Gasteiger partial charge in [-0.2, -0.15) is 9.36 Å². The van der Waals surface area contributed by atoms with Crippen molar-refractivity contribution < 1.29 is 14.4 Å². The molecule has 3 N–H and O–H groups in total. The Balaban J connectivity index is 1.23. The molecule has 3 amide bonds. The maximum absolute atomic E-state index is 12.9. The number of hydrogen-bond donors (Lipinski definition) is 3. The summed E-state index contributed by atoms with van der Waals surface area (Å²) in [6.45, 7) is 4.62. The van der Waals surface area contributed by atoms with E-state index in [0.29, 0.717) is 31.0 Å². The molecular weight excluding hydrogens is 418 g/mol. The predicted molar refractivity (Wildman–Crippen MR) is 115 cm³/mol. The zero-order valence-electron chi connectivity index (χ0n) is 16.9. The standard InChI is InChI=1S/C20H23N7O3S/c28-16-4-3-15(17(29)23-16)27-11-13-2-1-12(9-14(13)18(27)30)10-22-19-24-20(31-25-19)26-7-5-21-6-8-26/h1-2,9,15,21H,3-8,10-11H2,(H,22,25)(H,23,28,29). The molecule has 0 spiro atoms. The summed E-state index contributed by atoms with van der Waals surface area (Å²) in [6, 6.07) is 5.16. The summed E-state index contributed by atoms with van der Waals surface area (Å²) in [4.78, 5) is 44.9. The highest BCUT2D eigenvalue weighted by molar-refractivity contribution is 7.09. The van der Waals surface area contributed by atoms with E-state index in [1.165, 1.54) is 11.5 Å². The van der Waals surface area contributed by atoms with Crippen molar-refractivity contribution in [1.82, 2.24) is 24.9 Å². The summed E-state index contributed by atoms with van der Waals surface area (Å²) in [5.74, 6) is -0.265. The molecule has 2 fully saturated rings. The lowest BCUT2D eigenvalue weighted by Crippen LogP contribution is -2.52. The van der Waals surface area contributed by atoms with Gasteiger partial charge < -0.3 is 20.4 Å². The van der Waals surface area contributed by atoms with Crippen molar-refractivity contribution in [3.63, 3.8) is 0 Å². The largest absolute Gasteiger partial charge is 0.349 e. The van der Waals surface area contributed by atoms with Crippen LogP contribution in [0.15, 0.2) is 18.2 Å². The molecule has 11 heteroatoms. The van der Waals surface area contributed by atoms with E-state index < -0.39 is 11.9 Å². The number of piperidine rings is 1. The van der Waals surface area contributed by atoms with Crippen molar-refractivity contribution in [1.29, 1.82) is 0 Å². The van der Waals surface area contributed by atoms with Gasteiger partial charge in [0.15, 0.2) is 0 Å². The first kappa shape index (κ1) is 19.9. The lowest BCUT2D eigenvalue weighted by Gasteiger charge is -2.29. The lowest BCUT2D eigenvalue weighted by atomic mass is 10.0. The average molecular weight is 442 g/mol. The number of piperazine rings is 1. The fourth-order valence-electron chi connectivity index (χ4n) is 4.16. The van der Waals surface area contributed by atoms with Crippen LogP contribution in [-0.4, -0.2) is 64.2 Å². The molecule has 2 saturated heterocycles. The second kappa shape index (κ2) is 8.23. The number of aromatic nitrogens is 2. The topological polar surface area (TPSA) is 120 Å². The van der Waals surface area contributed by atoms with E-state index >= 15 is 0 Å². The molecule has 1 aromatic heterocycles. The first-order valence-corrected chi connectivity index (χ1v) is 11.2. The summed E-state index contributed by atoms with van der Waals surface area (Å²) in [5.41, 5.74) is 2.44. The van der Waals surface area contributed by atoms with Crippen molar-refractivity contribution in [2.24, 2.45) is 0 Å². The van der Waals surface area contributed by atoms with Crippen molar-refractivity contribution in [2.75, 3.05) is 36.4 Å². The monoisotopic (exact) mass is 441 g/mol. The van der Waals surface area contributed by atoms with Crippen LogP contribution >= 0.6 is 11.5 Å². The Kier molecular flexibility index (Phi) is 5.28. The second-order valence-corrected chi connectivity index (χ2v) is 8.61. The number of carbonyl (C=O) groups is 3. The van der Waals surface area contributed by atoms with Crippen LogP contribution in [0.5, 0.6) is 0 Å². The fraction of sp³-hybridized carbons (Fsp3) is 0.450. The molecule has 1 aromatic carbocycles. The van der Waals surface area contributed by atoms with E-state index in [4.69, 9.17) is 0 Å². The number of imide groups is 1. The SMILES string of the molecule is O=C1CCC(N2Cc3ccc(CNc4nsc(N5CCNCC5)n4)cc3C2=O)C(=O)N1. The van der Waals surface area contributed by atoms with Crippen molar-refractivity contribution in [3.8, 4) is 0 Å². The average Bonchev–Trinajstić information content (AvgIpc) is 3.38. The molecule has 0 aliphatic carbocycles. The number of rotatable bonds is 5. The highest BCUT2D eigenvalue weighted by Crippen LogP contribution is 2.28. The molecule has 3 aliphatic rings. The first-order chi connectivity index (χ1) is 15.1. The van der Waals surface area contributed by atoms with Crippen LogP contribution in [0.25, 0.3) is 0 Å². The van der Waals surface area contributed by atoms with Crippen LogP contribution in [0.4, 0.5) is 11.1 Å². The second-order valence-electron chi connectivity index (χ2n) is 7.88. The maximum Gasteiger partial charge on any atom is 0.255 e. The van der Waals surface area contributed by atoms with Crippen LogP contribution < -0.4 is 20.9 Å². The molecule has 0 saturated carbocycles. The van der Waals surface area contributed by atoms with Gasteiger partial charge in [0, 0.05) is 62.8 Å². The molecule has 3 aliphatic heterocycles. The Morgan fingerprint density at radius 1 is 1.19 bits per heavy atom. The Bertz CT molecular complexity index is 1030. The minimum Gasteiger partial charge on any atom is -0.349 e. The van der Waals surface area contributed by atoms with E-state index in [2.05, 4.69) is 30.2 Å². The molecule has 162 valence electrons. The highest BCUT2D eigenvalue weighted by Gasteiger charge is 2.39. The van der Waals surface area contributed by atoms with Gasteiger partial charge in [-0.3, -0.25) is 19.7 Å². The minimum atomic E-state index is -0.596. The third-order valence-electron chi connectivity index (χ3n) is 5.85. The molecule has 0 bridgehead atoms. The van der Waals surface area contributed by atoms with Crippen LogP contribution in [0, 0.1) is 0 Å². The Morgan fingerprint density at radius 3 is 2.84 bits per heavy atom. The molecule has 31 heavy (non-hydrogen) atoms. The number of nitrogens with one attached hydrogen (secondary N) is 3. The van der Waals surface area contributed by atoms with Crippen molar-refractivity contribution in [3.05, 3.63) is 34.9 Å². The number of anilines is 2. The molecule has 4 heterocycles. The predicted octanol–water partition coefficient (Wildman–Crippen LogP) is 0.321. The van der Waals surface area contributed by atoms with E-state index in [1.807, 2.05) is 18.2 Å². The van der Waals surface area contributed by atoms with E-state index in [0.717, 1.165) is 42.4 Å². The van der Waals surface area contributed by atoms with Gasteiger partial charge >= 0.3 is 0 Å². The maximum atomic E-state index is 12.9. The van der Waals surface area contributed by atoms with E-state index in [9.17, 15) is 14.4 Å². The number of amides is 3. The van der Waals surface area contributed by atoms with Gasteiger partial charge in [-0.05, 0) is 23.6 Å². The van der Waals surface area contributed by atoms with Gasteiger partial charge in [0.2, 0.25) is 22.9 Å². The van der Waals surface area contributed by atoms with Crippen molar-refractivity contribution >= 4 is 40.3 Å². The Labute approximate surface area is 183 Å². The van der Waals surface area contributed by atoms with Crippen LogP contribution in [0.1, 0.15) is 34.3 Å². The molecule has 10 nitrogen and oxygen atoms in total. The van der Waals surface area contributed by atoms with Crippen LogP contribution in [0.2, 0.25) is 0 Å². The number of benzene rings is 1. The van der Waals surface area contributed by atoms with Gasteiger partial charge in [0.25, 0.3) is 5.91 Å². The summed E-state index contributed by atoms with van der Waals surface area (Å²) in [5, 5.41) is 9.79. The lowest BCUT2D eigenvalue weighted by molar-refractivity contribution is -0.136. The van der Waals surface area contributed by atoms with Gasteiger partial charge in [0.1, 0.15) is 6.04 Å². The zero-order chi connectivity index (χ0) is 21.4. The molecule has 5 rings (SSSR count). The molecule has 1 atom stereocenters. The van der Waals surface area contributed by atoms with E-state index in [-0.39, 0.29) is 18.2 Å². The van der Waals surface area contributed by atoms with Crippen LogP contribution in [0.3, 0.4) is 0 Å². The number of fused-ring (bicyclic) bond motifs is 1. The summed E-state index contributed by atoms with van der Waals surface area (Å²) >= 11 is 1.38. The number of carbonyl (C=O) groups excluding carboxylic acids is 3. The zero-order valence-corrected chi connectivity index (χ0v) is 17.7.